The Hall–Kier alpha value is -4.54. The van der Waals surface area contributed by atoms with Gasteiger partial charge in [0.1, 0.15) is 0 Å². The van der Waals surface area contributed by atoms with Crippen LogP contribution in [0.1, 0.15) is 29.7 Å². The van der Waals surface area contributed by atoms with Crippen molar-refractivity contribution in [3.63, 3.8) is 0 Å². The lowest BCUT2D eigenvalue weighted by molar-refractivity contribution is -0.119. The first-order valence-electron chi connectivity index (χ1n) is 15.6. The summed E-state index contributed by atoms with van der Waals surface area (Å²) in [5.41, 5.74) is 9.29. The van der Waals surface area contributed by atoms with Gasteiger partial charge in [0.15, 0.2) is 0 Å². The monoisotopic (exact) mass is 591 g/mol. The van der Waals surface area contributed by atoms with E-state index in [1.54, 1.807) is 0 Å². The van der Waals surface area contributed by atoms with Gasteiger partial charge in [-0.25, -0.2) is 0 Å². The second-order valence-electron chi connectivity index (χ2n) is 11.3. The highest BCUT2D eigenvalue weighted by molar-refractivity contribution is 5.79. The van der Waals surface area contributed by atoms with E-state index in [0.29, 0.717) is 17.8 Å². The van der Waals surface area contributed by atoms with Gasteiger partial charge in [0.25, 0.3) is 0 Å². The number of amides is 1. The topological polar surface area (TPSA) is 92.8 Å². The minimum atomic E-state index is -0.155. The number of likely N-dealkylation sites (N-methyl/N-ethyl adjacent to an activating group) is 1. The SMILES string of the molecule is CCN1CCN(c2nc(NNC(=O)Cc3ccccc3)nc(N3CCN(C(c4ccccc4)c4ccccc4)CC3)n2)CC1. The largest absolute Gasteiger partial charge is 0.338 e. The molecule has 1 aromatic heterocycles. The van der Waals surface area contributed by atoms with Crippen LogP contribution in [0.15, 0.2) is 91.0 Å². The van der Waals surface area contributed by atoms with Crippen molar-refractivity contribution in [1.29, 1.82) is 0 Å². The molecule has 2 N–H and O–H groups in total. The Morgan fingerprint density at radius 3 is 1.70 bits per heavy atom. The Morgan fingerprint density at radius 1 is 0.682 bits per heavy atom. The average molecular weight is 592 g/mol. The van der Waals surface area contributed by atoms with Crippen LogP contribution in [0.4, 0.5) is 17.8 Å². The van der Waals surface area contributed by atoms with Gasteiger partial charge in [0, 0.05) is 52.4 Å². The average Bonchev–Trinajstić information content (AvgIpc) is 3.09. The van der Waals surface area contributed by atoms with Crippen molar-refractivity contribution in [2.24, 2.45) is 0 Å². The molecule has 44 heavy (non-hydrogen) atoms. The molecular weight excluding hydrogens is 550 g/mol. The number of rotatable bonds is 10. The van der Waals surface area contributed by atoms with Crippen molar-refractivity contribution in [3.05, 3.63) is 108 Å². The van der Waals surface area contributed by atoms with Gasteiger partial charge in [-0.1, -0.05) is 97.9 Å². The van der Waals surface area contributed by atoms with Crippen LogP contribution in [-0.2, 0) is 11.2 Å². The number of hydrogen-bond donors (Lipinski definition) is 2. The number of aromatic nitrogens is 3. The molecule has 10 nitrogen and oxygen atoms in total. The van der Waals surface area contributed by atoms with Crippen molar-refractivity contribution >= 4 is 23.8 Å². The van der Waals surface area contributed by atoms with Gasteiger partial charge >= 0.3 is 0 Å². The van der Waals surface area contributed by atoms with Crippen molar-refractivity contribution in [1.82, 2.24) is 30.2 Å². The Bertz CT molecular complexity index is 1430. The summed E-state index contributed by atoms with van der Waals surface area (Å²) in [6.07, 6.45) is 0.267. The number of nitrogens with one attached hydrogen (secondary N) is 2. The molecule has 4 aromatic rings. The highest BCUT2D eigenvalue weighted by Gasteiger charge is 2.28. The summed E-state index contributed by atoms with van der Waals surface area (Å²) in [5, 5.41) is 0. The zero-order chi connectivity index (χ0) is 30.1. The summed E-state index contributed by atoms with van der Waals surface area (Å²) >= 11 is 0. The molecule has 10 heteroatoms. The fraction of sp³-hybridized carbons (Fsp3) is 0.353. The normalized spacial score (nSPS) is 16.2. The summed E-state index contributed by atoms with van der Waals surface area (Å²) in [7, 11) is 0. The van der Waals surface area contributed by atoms with E-state index in [4.69, 9.17) is 15.0 Å². The highest BCUT2D eigenvalue weighted by atomic mass is 16.2. The van der Waals surface area contributed by atoms with Crippen LogP contribution in [0.3, 0.4) is 0 Å². The maximum absolute atomic E-state index is 12.7. The van der Waals surface area contributed by atoms with Crippen LogP contribution in [0.5, 0.6) is 0 Å². The molecule has 1 amide bonds. The van der Waals surface area contributed by atoms with E-state index in [2.05, 4.69) is 98.0 Å². The third-order valence-corrected chi connectivity index (χ3v) is 8.43. The minimum absolute atomic E-state index is 0.155. The van der Waals surface area contributed by atoms with Gasteiger partial charge in [-0.15, -0.1) is 0 Å². The summed E-state index contributed by atoms with van der Waals surface area (Å²) < 4.78 is 0. The number of hydrogen-bond acceptors (Lipinski definition) is 9. The lowest BCUT2D eigenvalue weighted by atomic mass is 9.96. The number of hydrazine groups is 1. The summed E-state index contributed by atoms with van der Waals surface area (Å²) in [6.45, 7) is 10.1. The first-order chi connectivity index (χ1) is 21.7. The predicted octanol–water partition coefficient (Wildman–Crippen LogP) is 3.61. The highest BCUT2D eigenvalue weighted by Crippen LogP contribution is 2.30. The predicted molar refractivity (Wildman–Crippen MR) is 175 cm³/mol. The second-order valence-corrected chi connectivity index (χ2v) is 11.3. The zero-order valence-electron chi connectivity index (χ0n) is 25.3. The van der Waals surface area contributed by atoms with Crippen LogP contribution >= 0.6 is 0 Å². The number of carbonyl (C=O) groups excluding carboxylic acids is 1. The summed E-state index contributed by atoms with van der Waals surface area (Å²) in [6, 6.07) is 31.3. The molecule has 2 aliphatic rings. The second kappa shape index (κ2) is 14.3. The van der Waals surface area contributed by atoms with E-state index >= 15 is 0 Å². The molecule has 6 rings (SSSR count). The molecule has 0 aliphatic carbocycles. The molecule has 0 spiro atoms. The molecule has 3 heterocycles. The fourth-order valence-corrected chi connectivity index (χ4v) is 5.97. The number of anilines is 3. The van der Waals surface area contributed by atoms with E-state index in [-0.39, 0.29) is 18.4 Å². The molecule has 228 valence electrons. The smallest absolute Gasteiger partial charge is 0.248 e. The van der Waals surface area contributed by atoms with Crippen molar-refractivity contribution in [2.75, 3.05) is 74.1 Å². The minimum Gasteiger partial charge on any atom is -0.338 e. The van der Waals surface area contributed by atoms with E-state index in [1.165, 1.54) is 11.1 Å². The van der Waals surface area contributed by atoms with Crippen molar-refractivity contribution in [2.45, 2.75) is 19.4 Å². The van der Waals surface area contributed by atoms with Gasteiger partial charge in [0.05, 0.1) is 12.5 Å². The quantitative estimate of drug-likeness (QED) is 0.268. The zero-order valence-corrected chi connectivity index (χ0v) is 25.3. The first-order valence-corrected chi connectivity index (χ1v) is 15.6. The third kappa shape index (κ3) is 7.32. The van der Waals surface area contributed by atoms with Crippen molar-refractivity contribution in [3.8, 4) is 0 Å². The maximum Gasteiger partial charge on any atom is 0.248 e. The number of piperazine rings is 2. The van der Waals surface area contributed by atoms with E-state index in [9.17, 15) is 4.79 Å². The van der Waals surface area contributed by atoms with Gasteiger partial charge in [-0.2, -0.15) is 15.0 Å². The van der Waals surface area contributed by atoms with Crippen LogP contribution < -0.4 is 20.7 Å². The summed E-state index contributed by atoms with van der Waals surface area (Å²) in [5.74, 6) is 1.46. The molecule has 0 unspecified atom stereocenters. The van der Waals surface area contributed by atoms with Gasteiger partial charge in [-0.05, 0) is 23.2 Å². The third-order valence-electron chi connectivity index (χ3n) is 8.43. The Balaban J connectivity index is 1.18. The lowest BCUT2D eigenvalue weighted by Gasteiger charge is -2.40. The molecule has 2 aliphatic heterocycles. The standard InChI is InChI=1S/C34H41N9O/c1-2-40-18-20-42(21-19-40)33-35-32(39-38-30(44)26-27-12-6-3-7-13-27)36-34(37-33)43-24-22-41(23-25-43)31(28-14-8-4-9-15-28)29-16-10-5-11-17-29/h3-17,31H,2,18-26H2,1H3,(H,38,44)(H,35,36,37,39). The first kappa shape index (κ1) is 29.5. The van der Waals surface area contributed by atoms with E-state index < -0.39 is 0 Å². The molecule has 0 bridgehead atoms. The number of carbonyl (C=O) groups is 1. The molecule has 2 saturated heterocycles. The van der Waals surface area contributed by atoms with Gasteiger partial charge < -0.3 is 14.7 Å². The fourth-order valence-electron chi connectivity index (χ4n) is 5.97. The molecule has 0 atom stereocenters. The number of nitrogens with zero attached hydrogens (tertiary/aromatic N) is 7. The Kier molecular flexibility index (Phi) is 9.59. The number of benzene rings is 3. The molecule has 2 fully saturated rings. The van der Waals surface area contributed by atoms with Crippen LogP contribution in [0.25, 0.3) is 0 Å². The Morgan fingerprint density at radius 2 is 1.18 bits per heavy atom. The van der Waals surface area contributed by atoms with E-state index in [0.717, 1.165) is 64.5 Å². The van der Waals surface area contributed by atoms with Crippen LogP contribution in [0, 0.1) is 0 Å². The van der Waals surface area contributed by atoms with Crippen molar-refractivity contribution < 1.29 is 4.79 Å². The van der Waals surface area contributed by atoms with E-state index in [1.807, 2.05) is 30.3 Å². The lowest BCUT2D eigenvalue weighted by Crippen LogP contribution is -2.49. The van der Waals surface area contributed by atoms with Crippen LogP contribution in [-0.4, -0.2) is 89.6 Å². The van der Waals surface area contributed by atoms with Crippen LogP contribution in [0.2, 0.25) is 0 Å². The van der Waals surface area contributed by atoms with Gasteiger partial charge in [0.2, 0.25) is 23.8 Å². The maximum atomic E-state index is 12.7. The molecule has 3 aromatic carbocycles. The molecule has 0 saturated carbocycles. The molecular formula is C34H41N9O. The molecule has 0 radical (unpaired) electrons. The van der Waals surface area contributed by atoms with Gasteiger partial charge in [-0.3, -0.25) is 20.5 Å². The Labute approximate surface area is 259 Å². The summed E-state index contributed by atoms with van der Waals surface area (Å²) in [4.78, 5) is 36.5.